The smallest absolute Gasteiger partial charge is 0.231 e. The van der Waals surface area contributed by atoms with Crippen molar-refractivity contribution >= 4 is 0 Å². The highest BCUT2D eigenvalue weighted by atomic mass is 19.1. The van der Waals surface area contributed by atoms with E-state index in [1.54, 1.807) is 6.07 Å². The predicted molar refractivity (Wildman–Crippen MR) is 56.8 cm³/mol. The van der Waals surface area contributed by atoms with Gasteiger partial charge in [0.1, 0.15) is 19.0 Å². The van der Waals surface area contributed by atoms with Crippen molar-refractivity contribution in [3.05, 3.63) is 17.7 Å². The van der Waals surface area contributed by atoms with Gasteiger partial charge >= 0.3 is 0 Å². The van der Waals surface area contributed by atoms with Gasteiger partial charge < -0.3 is 19.5 Å². The summed E-state index contributed by atoms with van der Waals surface area (Å²) in [5.74, 6) is 1.99. The summed E-state index contributed by atoms with van der Waals surface area (Å²) in [7, 11) is 1.84. The highest BCUT2D eigenvalue weighted by molar-refractivity contribution is 5.51. The van der Waals surface area contributed by atoms with Gasteiger partial charge in [0, 0.05) is 18.2 Å². The normalized spacial score (nSPS) is 12.9. The van der Waals surface area contributed by atoms with Crippen LogP contribution in [0.2, 0.25) is 0 Å². The summed E-state index contributed by atoms with van der Waals surface area (Å²) in [4.78, 5) is 0. The first-order valence-corrected chi connectivity index (χ1v) is 5.11. The van der Waals surface area contributed by atoms with Crippen LogP contribution in [0.5, 0.6) is 17.2 Å². The maximum Gasteiger partial charge on any atom is 0.231 e. The molecule has 16 heavy (non-hydrogen) atoms. The minimum absolute atomic E-state index is 0.0519. The standard InChI is InChI=1S/C11H14FNO3/c1-13-6-8-4-10-11(16-7-15-10)5-9(8)14-3-2-12/h4-5,13H,2-3,6-7H2,1H3. The molecule has 1 heterocycles. The van der Waals surface area contributed by atoms with E-state index in [9.17, 15) is 4.39 Å². The molecular weight excluding hydrogens is 213 g/mol. The van der Waals surface area contributed by atoms with E-state index in [1.165, 1.54) is 0 Å². The Bertz CT molecular complexity index is 370. The molecule has 88 valence electrons. The zero-order chi connectivity index (χ0) is 11.4. The Morgan fingerprint density at radius 2 is 2.12 bits per heavy atom. The molecule has 4 nitrogen and oxygen atoms in total. The van der Waals surface area contributed by atoms with Crippen LogP contribution in [-0.2, 0) is 6.54 Å². The zero-order valence-electron chi connectivity index (χ0n) is 9.09. The maximum atomic E-state index is 12.1. The van der Waals surface area contributed by atoms with Crippen LogP contribution in [-0.4, -0.2) is 27.1 Å². The summed E-state index contributed by atoms with van der Waals surface area (Å²) in [5.41, 5.74) is 0.931. The maximum absolute atomic E-state index is 12.1. The third-order valence-corrected chi connectivity index (χ3v) is 2.26. The molecule has 5 heteroatoms. The van der Waals surface area contributed by atoms with E-state index in [4.69, 9.17) is 14.2 Å². The Morgan fingerprint density at radius 1 is 1.38 bits per heavy atom. The van der Waals surface area contributed by atoms with Crippen molar-refractivity contribution in [2.24, 2.45) is 0 Å². The topological polar surface area (TPSA) is 39.7 Å². The molecule has 1 N–H and O–H groups in total. The number of alkyl halides is 1. The van der Waals surface area contributed by atoms with Crippen molar-refractivity contribution in [2.45, 2.75) is 6.54 Å². The lowest BCUT2D eigenvalue weighted by Gasteiger charge is -2.11. The van der Waals surface area contributed by atoms with Crippen LogP contribution >= 0.6 is 0 Å². The van der Waals surface area contributed by atoms with E-state index in [0.717, 1.165) is 5.56 Å². The van der Waals surface area contributed by atoms with Gasteiger partial charge in [-0.05, 0) is 13.1 Å². The van der Waals surface area contributed by atoms with Crippen molar-refractivity contribution in [3.8, 4) is 17.2 Å². The van der Waals surface area contributed by atoms with Gasteiger partial charge in [0.05, 0.1) is 0 Å². The second-order valence-electron chi connectivity index (χ2n) is 3.38. The molecule has 1 aromatic carbocycles. The molecule has 0 spiro atoms. The Balaban J connectivity index is 2.25. The zero-order valence-corrected chi connectivity index (χ0v) is 9.09. The Hall–Kier alpha value is -1.49. The molecule has 0 aromatic heterocycles. The molecule has 0 radical (unpaired) electrons. The van der Waals surface area contributed by atoms with Gasteiger partial charge in [-0.2, -0.15) is 0 Å². The lowest BCUT2D eigenvalue weighted by molar-refractivity contribution is 0.173. The largest absolute Gasteiger partial charge is 0.490 e. The molecule has 1 aromatic rings. The molecule has 0 bridgehead atoms. The molecule has 0 saturated heterocycles. The molecule has 0 amide bonds. The minimum atomic E-state index is -0.507. The first kappa shape index (κ1) is 11.0. The monoisotopic (exact) mass is 227 g/mol. The van der Waals surface area contributed by atoms with Gasteiger partial charge in [-0.15, -0.1) is 0 Å². The van der Waals surface area contributed by atoms with Crippen LogP contribution in [0.4, 0.5) is 4.39 Å². The summed E-state index contributed by atoms with van der Waals surface area (Å²) in [6.45, 7) is 0.406. The fourth-order valence-electron chi connectivity index (χ4n) is 1.58. The summed E-state index contributed by atoms with van der Waals surface area (Å²) in [6.07, 6.45) is 0. The number of ether oxygens (including phenoxy) is 3. The average molecular weight is 227 g/mol. The van der Waals surface area contributed by atoms with Crippen molar-refractivity contribution in [3.63, 3.8) is 0 Å². The Morgan fingerprint density at radius 3 is 2.81 bits per heavy atom. The summed E-state index contributed by atoms with van der Waals surface area (Å²) in [5, 5.41) is 3.02. The fraction of sp³-hybridized carbons (Fsp3) is 0.455. The number of rotatable bonds is 5. The molecule has 0 saturated carbocycles. The van der Waals surface area contributed by atoms with Crippen molar-refractivity contribution in [2.75, 3.05) is 27.1 Å². The average Bonchev–Trinajstić information content (AvgIpc) is 2.73. The van der Waals surface area contributed by atoms with Crippen LogP contribution in [0, 0.1) is 0 Å². The minimum Gasteiger partial charge on any atom is -0.490 e. The van der Waals surface area contributed by atoms with E-state index in [1.807, 2.05) is 13.1 Å². The van der Waals surface area contributed by atoms with Crippen molar-refractivity contribution < 1.29 is 18.6 Å². The number of nitrogens with one attached hydrogen (secondary N) is 1. The van der Waals surface area contributed by atoms with E-state index in [2.05, 4.69) is 5.32 Å². The van der Waals surface area contributed by atoms with Crippen LogP contribution in [0.3, 0.4) is 0 Å². The number of halogens is 1. The van der Waals surface area contributed by atoms with E-state index in [-0.39, 0.29) is 13.4 Å². The van der Waals surface area contributed by atoms with Gasteiger partial charge in [-0.1, -0.05) is 0 Å². The molecule has 0 fully saturated rings. The number of fused-ring (bicyclic) bond motifs is 1. The van der Waals surface area contributed by atoms with Crippen molar-refractivity contribution in [1.29, 1.82) is 0 Å². The highest BCUT2D eigenvalue weighted by Gasteiger charge is 2.17. The molecule has 1 aliphatic rings. The van der Waals surface area contributed by atoms with Gasteiger partial charge in [-0.25, -0.2) is 4.39 Å². The quantitative estimate of drug-likeness (QED) is 0.827. The molecule has 0 unspecified atom stereocenters. The van der Waals surface area contributed by atoms with Crippen LogP contribution < -0.4 is 19.5 Å². The number of benzene rings is 1. The number of hydrogen-bond acceptors (Lipinski definition) is 4. The Labute approximate surface area is 93.3 Å². The fourth-order valence-corrected chi connectivity index (χ4v) is 1.58. The van der Waals surface area contributed by atoms with Gasteiger partial charge in [0.15, 0.2) is 11.5 Å². The third kappa shape index (κ3) is 2.19. The Kier molecular flexibility index (Phi) is 3.46. The SMILES string of the molecule is CNCc1cc2c(cc1OCCF)OCO2. The molecular formula is C11H14FNO3. The summed E-state index contributed by atoms with van der Waals surface area (Å²) >= 11 is 0. The van der Waals surface area contributed by atoms with E-state index < -0.39 is 6.67 Å². The van der Waals surface area contributed by atoms with E-state index in [0.29, 0.717) is 23.8 Å². The predicted octanol–water partition coefficient (Wildman–Crippen LogP) is 1.48. The van der Waals surface area contributed by atoms with Gasteiger partial charge in [0.25, 0.3) is 0 Å². The summed E-state index contributed by atoms with van der Waals surface area (Å²) in [6, 6.07) is 3.59. The summed E-state index contributed by atoms with van der Waals surface area (Å²) < 4.78 is 27.9. The number of hydrogen-bond donors (Lipinski definition) is 1. The van der Waals surface area contributed by atoms with Crippen LogP contribution in [0.25, 0.3) is 0 Å². The van der Waals surface area contributed by atoms with Crippen LogP contribution in [0.15, 0.2) is 12.1 Å². The lowest BCUT2D eigenvalue weighted by atomic mass is 10.1. The second kappa shape index (κ2) is 5.03. The van der Waals surface area contributed by atoms with Crippen molar-refractivity contribution in [1.82, 2.24) is 5.32 Å². The molecule has 0 aliphatic carbocycles. The highest BCUT2D eigenvalue weighted by Crippen LogP contribution is 2.38. The second-order valence-corrected chi connectivity index (χ2v) is 3.38. The first-order chi connectivity index (χ1) is 7.85. The van der Waals surface area contributed by atoms with E-state index >= 15 is 0 Å². The lowest BCUT2D eigenvalue weighted by Crippen LogP contribution is -2.08. The molecule has 0 atom stereocenters. The van der Waals surface area contributed by atoms with Gasteiger partial charge in [-0.3, -0.25) is 0 Å². The molecule has 2 rings (SSSR count). The van der Waals surface area contributed by atoms with Gasteiger partial charge in [0.2, 0.25) is 6.79 Å². The van der Waals surface area contributed by atoms with Crippen LogP contribution in [0.1, 0.15) is 5.56 Å². The molecule has 1 aliphatic heterocycles. The third-order valence-electron chi connectivity index (χ3n) is 2.26. The first-order valence-electron chi connectivity index (χ1n) is 5.11.